The van der Waals surface area contributed by atoms with Gasteiger partial charge in [0.05, 0.1) is 37.8 Å². The van der Waals surface area contributed by atoms with Gasteiger partial charge in [-0.1, -0.05) is 13.0 Å². The summed E-state index contributed by atoms with van der Waals surface area (Å²) in [5.74, 6) is 2.00. The molecule has 0 amide bonds. The van der Waals surface area contributed by atoms with Gasteiger partial charge in [0, 0.05) is 37.5 Å². The summed E-state index contributed by atoms with van der Waals surface area (Å²) in [6.45, 7) is 8.05. The number of fused-ring (bicyclic) bond motifs is 1. The van der Waals surface area contributed by atoms with Crippen LogP contribution in [0.2, 0.25) is 0 Å². The highest BCUT2D eigenvalue weighted by atomic mass is 16.5. The standard InChI is InChI=1S/C26H34N6O3/c1-4-20-26(29-18-7-10-35-16(2)13-18)31-23-19(15-28-25(27)24(23)30-20)17-5-6-21(22(14-17)33-3)32-8-11-34-12-9-32/h5-6,14-16,18H,4,7-13H2,1-3H3,(H2,27,28)(H,29,31). The van der Waals surface area contributed by atoms with Crippen LogP contribution < -0.4 is 20.7 Å². The number of nitrogen functional groups attached to an aromatic ring is 1. The van der Waals surface area contributed by atoms with Crippen molar-refractivity contribution in [1.82, 2.24) is 15.0 Å². The van der Waals surface area contributed by atoms with Gasteiger partial charge < -0.3 is 30.2 Å². The molecule has 3 N–H and O–H groups in total. The van der Waals surface area contributed by atoms with Crippen molar-refractivity contribution in [2.24, 2.45) is 0 Å². The van der Waals surface area contributed by atoms with Crippen LogP contribution in [0.4, 0.5) is 17.3 Å². The molecule has 1 aromatic carbocycles. The van der Waals surface area contributed by atoms with Crippen LogP contribution in [0.1, 0.15) is 32.4 Å². The Morgan fingerprint density at radius 1 is 1.17 bits per heavy atom. The van der Waals surface area contributed by atoms with Gasteiger partial charge in [0.25, 0.3) is 0 Å². The van der Waals surface area contributed by atoms with Crippen LogP contribution in [0.15, 0.2) is 24.4 Å². The van der Waals surface area contributed by atoms with Gasteiger partial charge in [0.1, 0.15) is 22.6 Å². The SMILES string of the molecule is CCc1nc2c(N)ncc(-c3ccc(N4CCOCC4)c(OC)c3)c2nc1NC1CCOC(C)C1. The van der Waals surface area contributed by atoms with Crippen molar-refractivity contribution in [3.05, 3.63) is 30.1 Å². The van der Waals surface area contributed by atoms with Crippen LogP contribution >= 0.6 is 0 Å². The van der Waals surface area contributed by atoms with E-state index in [1.54, 1.807) is 13.3 Å². The summed E-state index contributed by atoms with van der Waals surface area (Å²) in [6, 6.07) is 6.52. The number of benzene rings is 1. The largest absolute Gasteiger partial charge is 0.495 e. The van der Waals surface area contributed by atoms with Gasteiger partial charge >= 0.3 is 0 Å². The van der Waals surface area contributed by atoms with Crippen LogP contribution in [-0.4, -0.2) is 67.1 Å². The van der Waals surface area contributed by atoms with E-state index in [1.165, 1.54) is 0 Å². The molecule has 0 saturated carbocycles. The molecule has 0 aliphatic carbocycles. The molecule has 2 saturated heterocycles. The number of hydrogen-bond acceptors (Lipinski definition) is 9. The number of nitrogens with two attached hydrogens (primary N) is 1. The number of methoxy groups -OCH3 is 1. The lowest BCUT2D eigenvalue weighted by atomic mass is 10.0. The van der Waals surface area contributed by atoms with Gasteiger partial charge in [-0.05, 0) is 43.9 Å². The van der Waals surface area contributed by atoms with Crippen molar-refractivity contribution in [2.45, 2.75) is 45.3 Å². The number of anilines is 3. The highest BCUT2D eigenvalue weighted by Crippen LogP contribution is 2.37. The number of pyridine rings is 1. The number of morpholine rings is 1. The monoisotopic (exact) mass is 478 g/mol. The first-order valence-corrected chi connectivity index (χ1v) is 12.4. The lowest BCUT2D eigenvalue weighted by molar-refractivity contribution is 0.0231. The third kappa shape index (κ3) is 4.83. The first-order valence-electron chi connectivity index (χ1n) is 12.4. The molecule has 3 aromatic rings. The van der Waals surface area contributed by atoms with Crippen LogP contribution in [0.5, 0.6) is 5.75 Å². The Hall–Kier alpha value is -3.17. The van der Waals surface area contributed by atoms with Gasteiger partial charge in [-0.3, -0.25) is 0 Å². The van der Waals surface area contributed by atoms with Crippen molar-refractivity contribution >= 4 is 28.4 Å². The van der Waals surface area contributed by atoms with Crippen LogP contribution in [0, 0.1) is 0 Å². The van der Waals surface area contributed by atoms with Crippen molar-refractivity contribution in [2.75, 3.05) is 56.0 Å². The van der Waals surface area contributed by atoms with E-state index in [9.17, 15) is 0 Å². The molecule has 35 heavy (non-hydrogen) atoms. The fourth-order valence-corrected chi connectivity index (χ4v) is 4.90. The quantitative estimate of drug-likeness (QED) is 0.549. The number of nitrogens with one attached hydrogen (secondary N) is 1. The zero-order chi connectivity index (χ0) is 24.4. The van der Waals surface area contributed by atoms with Crippen LogP contribution in [0.25, 0.3) is 22.2 Å². The number of nitrogens with zero attached hydrogens (tertiary/aromatic N) is 4. The van der Waals surface area contributed by atoms with Gasteiger partial charge in [-0.15, -0.1) is 0 Å². The minimum Gasteiger partial charge on any atom is -0.495 e. The summed E-state index contributed by atoms with van der Waals surface area (Å²) in [7, 11) is 1.70. The summed E-state index contributed by atoms with van der Waals surface area (Å²) in [5.41, 5.74) is 11.4. The highest BCUT2D eigenvalue weighted by molar-refractivity contribution is 5.97. The fourth-order valence-electron chi connectivity index (χ4n) is 4.90. The summed E-state index contributed by atoms with van der Waals surface area (Å²) >= 11 is 0. The average Bonchev–Trinajstić information content (AvgIpc) is 2.89. The number of rotatable bonds is 6. The topological polar surface area (TPSA) is 108 Å². The molecule has 186 valence electrons. The Morgan fingerprint density at radius 3 is 2.74 bits per heavy atom. The molecule has 2 atom stereocenters. The van der Waals surface area contributed by atoms with Gasteiger partial charge in [-0.2, -0.15) is 0 Å². The van der Waals surface area contributed by atoms with Crippen LogP contribution in [-0.2, 0) is 15.9 Å². The molecule has 2 aliphatic rings. The van der Waals surface area contributed by atoms with E-state index in [-0.39, 0.29) is 6.10 Å². The van der Waals surface area contributed by atoms with Gasteiger partial charge in [-0.25, -0.2) is 15.0 Å². The molecule has 2 fully saturated rings. The summed E-state index contributed by atoms with van der Waals surface area (Å²) in [4.78, 5) is 16.7. The maximum absolute atomic E-state index is 6.26. The molecule has 2 unspecified atom stereocenters. The number of aryl methyl sites for hydroxylation is 1. The zero-order valence-electron chi connectivity index (χ0n) is 20.7. The number of ether oxygens (including phenoxy) is 3. The third-order valence-electron chi connectivity index (χ3n) is 6.80. The third-order valence-corrected chi connectivity index (χ3v) is 6.80. The molecule has 2 aliphatic heterocycles. The normalized spacial score (nSPS) is 20.7. The summed E-state index contributed by atoms with van der Waals surface area (Å²) in [6.07, 6.45) is 4.64. The predicted molar refractivity (Wildman–Crippen MR) is 138 cm³/mol. The molecule has 4 heterocycles. The minimum absolute atomic E-state index is 0.229. The van der Waals surface area contributed by atoms with Crippen molar-refractivity contribution < 1.29 is 14.2 Å². The minimum atomic E-state index is 0.229. The van der Waals surface area contributed by atoms with Crippen LogP contribution in [0.3, 0.4) is 0 Å². The molecule has 9 heteroatoms. The molecule has 0 radical (unpaired) electrons. The lowest BCUT2D eigenvalue weighted by Gasteiger charge is -2.30. The Kier molecular flexibility index (Phi) is 6.88. The van der Waals surface area contributed by atoms with E-state index < -0.39 is 0 Å². The van der Waals surface area contributed by atoms with Crippen molar-refractivity contribution in [1.29, 1.82) is 0 Å². The smallest absolute Gasteiger partial charge is 0.151 e. The first kappa shape index (κ1) is 23.6. The van der Waals surface area contributed by atoms with E-state index >= 15 is 0 Å². The second-order valence-electron chi connectivity index (χ2n) is 9.16. The second-order valence-corrected chi connectivity index (χ2v) is 9.16. The van der Waals surface area contributed by atoms with Gasteiger partial charge in [0.15, 0.2) is 5.82 Å². The first-order chi connectivity index (χ1) is 17.1. The highest BCUT2D eigenvalue weighted by Gasteiger charge is 2.23. The Labute approximate surface area is 206 Å². The molecule has 0 bridgehead atoms. The van der Waals surface area contributed by atoms with E-state index in [0.29, 0.717) is 30.6 Å². The van der Waals surface area contributed by atoms with E-state index in [1.807, 2.05) is 6.07 Å². The molecule has 5 rings (SSSR count). The van der Waals surface area contributed by atoms with Crippen molar-refractivity contribution in [3.8, 4) is 16.9 Å². The van der Waals surface area contributed by atoms with E-state index in [2.05, 4.69) is 41.2 Å². The lowest BCUT2D eigenvalue weighted by Crippen LogP contribution is -2.36. The number of aromatic nitrogens is 3. The molecule has 2 aromatic heterocycles. The van der Waals surface area contributed by atoms with E-state index in [0.717, 1.165) is 78.6 Å². The Morgan fingerprint density at radius 2 is 2.00 bits per heavy atom. The van der Waals surface area contributed by atoms with E-state index in [4.69, 9.17) is 29.9 Å². The molecular formula is C26H34N6O3. The average molecular weight is 479 g/mol. The maximum atomic E-state index is 6.26. The molecular weight excluding hydrogens is 444 g/mol. The maximum Gasteiger partial charge on any atom is 0.151 e. The van der Waals surface area contributed by atoms with Gasteiger partial charge in [0.2, 0.25) is 0 Å². The molecule has 9 nitrogen and oxygen atoms in total. The summed E-state index contributed by atoms with van der Waals surface area (Å²) < 4.78 is 17.0. The fraction of sp³-hybridized carbons (Fsp3) is 0.500. The predicted octanol–water partition coefficient (Wildman–Crippen LogP) is 3.66. The summed E-state index contributed by atoms with van der Waals surface area (Å²) in [5, 5.41) is 3.64. The number of hydrogen-bond donors (Lipinski definition) is 2. The Bertz CT molecular complexity index is 1200. The molecule has 0 spiro atoms. The second kappa shape index (κ2) is 10.2. The van der Waals surface area contributed by atoms with Crippen molar-refractivity contribution in [3.63, 3.8) is 0 Å². The Balaban J connectivity index is 1.56. The zero-order valence-corrected chi connectivity index (χ0v) is 20.7.